The number of aromatic amines is 1. The maximum atomic E-state index is 11.8. The minimum atomic E-state index is -0.166. The van der Waals surface area contributed by atoms with E-state index >= 15 is 0 Å². The molecule has 0 aliphatic carbocycles. The van der Waals surface area contributed by atoms with Crippen molar-refractivity contribution >= 4 is 5.91 Å². The normalized spacial score (nSPS) is 25.8. The van der Waals surface area contributed by atoms with Crippen LogP contribution in [0.5, 0.6) is 0 Å². The van der Waals surface area contributed by atoms with Gasteiger partial charge in [0.25, 0.3) is 0 Å². The van der Waals surface area contributed by atoms with E-state index in [4.69, 9.17) is 5.73 Å². The van der Waals surface area contributed by atoms with Gasteiger partial charge in [-0.3, -0.25) is 4.79 Å². The topological polar surface area (TPSA) is 75.0 Å². The van der Waals surface area contributed by atoms with Crippen LogP contribution in [-0.4, -0.2) is 32.9 Å². The summed E-state index contributed by atoms with van der Waals surface area (Å²) < 4.78 is 0. The van der Waals surface area contributed by atoms with Crippen LogP contribution in [-0.2, 0) is 4.79 Å². The quantitative estimate of drug-likeness (QED) is 0.774. The van der Waals surface area contributed by atoms with E-state index in [0.29, 0.717) is 6.42 Å². The van der Waals surface area contributed by atoms with Gasteiger partial charge in [-0.1, -0.05) is 0 Å². The largest absolute Gasteiger partial charge is 0.344 e. The lowest BCUT2D eigenvalue weighted by molar-refractivity contribution is -0.130. The van der Waals surface area contributed by atoms with E-state index in [1.807, 2.05) is 25.7 Å². The number of amides is 1. The lowest BCUT2D eigenvalue weighted by Gasteiger charge is -2.28. The van der Waals surface area contributed by atoms with Crippen molar-refractivity contribution < 1.29 is 4.79 Å². The predicted molar refractivity (Wildman–Crippen MR) is 60.6 cm³/mol. The molecule has 0 aromatic carbocycles. The molecular formula is C11H18N4O. The molecule has 2 atom stereocenters. The molecule has 1 aliphatic rings. The summed E-state index contributed by atoms with van der Waals surface area (Å²) in [5.74, 6) is 0.908. The minimum Gasteiger partial charge on any atom is -0.344 e. The van der Waals surface area contributed by atoms with E-state index in [9.17, 15) is 4.79 Å². The summed E-state index contributed by atoms with van der Waals surface area (Å²) in [5, 5.41) is 0. The molecule has 3 N–H and O–H groups in total. The maximum Gasteiger partial charge on any atom is 0.225 e. The zero-order valence-corrected chi connectivity index (χ0v) is 9.90. The highest BCUT2D eigenvalue weighted by molar-refractivity contribution is 5.80. The first-order valence-corrected chi connectivity index (χ1v) is 5.59. The Hall–Kier alpha value is -1.36. The standard InChI is InChI=1S/C11H18N4O/c1-6(2)15-9(16)4-8(12)10(15)11-13-5-7(3)14-11/h5-6,8,10H,4,12H2,1-3H3,(H,13,14). The molecule has 2 unspecified atom stereocenters. The van der Waals surface area contributed by atoms with Crippen LogP contribution in [0.1, 0.15) is 37.8 Å². The predicted octanol–water partition coefficient (Wildman–Crippen LogP) is 0.727. The summed E-state index contributed by atoms with van der Waals surface area (Å²) in [6.07, 6.45) is 2.17. The van der Waals surface area contributed by atoms with Crippen LogP contribution in [0, 0.1) is 6.92 Å². The van der Waals surface area contributed by atoms with Crippen molar-refractivity contribution in [1.29, 1.82) is 0 Å². The van der Waals surface area contributed by atoms with Crippen LogP contribution in [0.4, 0.5) is 0 Å². The van der Waals surface area contributed by atoms with Crippen molar-refractivity contribution in [2.45, 2.75) is 45.3 Å². The van der Waals surface area contributed by atoms with Gasteiger partial charge in [0.15, 0.2) is 0 Å². The number of aromatic nitrogens is 2. The lowest BCUT2D eigenvalue weighted by atomic mass is 10.1. The monoisotopic (exact) mass is 222 g/mol. The van der Waals surface area contributed by atoms with Gasteiger partial charge in [-0.25, -0.2) is 4.98 Å². The molecule has 0 saturated carbocycles. The fourth-order valence-corrected chi connectivity index (χ4v) is 2.31. The molecule has 1 fully saturated rings. The number of nitrogens with two attached hydrogens (primary N) is 1. The molecule has 5 heteroatoms. The summed E-state index contributed by atoms with van der Waals surface area (Å²) in [6, 6.07) is -0.127. The number of nitrogens with one attached hydrogen (secondary N) is 1. The Bertz CT molecular complexity index is 398. The van der Waals surface area contributed by atoms with Gasteiger partial charge in [0.1, 0.15) is 11.9 Å². The van der Waals surface area contributed by atoms with Crippen LogP contribution < -0.4 is 5.73 Å². The van der Waals surface area contributed by atoms with E-state index < -0.39 is 0 Å². The third-order valence-electron chi connectivity index (χ3n) is 2.96. The first-order valence-electron chi connectivity index (χ1n) is 5.59. The highest BCUT2D eigenvalue weighted by Gasteiger charge is 2.41. The molecule has 1 saturated heterocycles. The minimum absolute atomic E-state index is 0.110. The van der Waals surface area contributed by atoms with Crippen LogP contribution in [0.3, 0.4) is 0 Å². The number of imidazole rings is 1. The molecule has 0 bridgehead atoms. The Labute approximate surface area is 95.0 Å². The first-order chi connectivity index (χ1) is 7.50. The molecule has 1 aromatic rings. The van der Waals surface area contributed by atoms with Crippen molar-refractivity contribution in [1.82, 2.24) is 14.9 Å². The summed E-state index contributed by atoms with van der Waals surface area (Å²) >= 11 is 0. The Morgan fingerprint density at radius 2 is 2.31 bits per heavy atom. The third-order valence-corrected chi connectivity index (χ3v) is 2.96. The van der Waals surface area contributed by atoms with Gasteiger partial charge in [0, 0.05) is 30.4 Å². The SMILES string of the molecule is Cc1cnc(C2C(N)CC(=O)N2C(C)C)[nH]1. The highest BCUT2D eigenvalue weighted by Crippen LogP contribution is 2.31. The van der Waals surface area contributed by atoms with Crippen LogP contribution >= 0.6 is 0 Å². The van der Waals surface area contributed by atoms with Gasteiger partial charge in [0.05, 0.1) is 0 Å². The molecular weight excluding hydrogens is 204 g/mol. The third kappa shape index (κ3) is 1.71. The number of H-pyrrole nitrogens is 1. The van der Waals surface area contributed by atoms with Crippen molar-refractivity contribution in [2.24, 2.45) is 5.73 Å². The van der Waals surface area contributed by atoms with E-state index in [1.165, 1.54) is 0 Å². The lowest BCUT2D eigenvalue weighted by Crippen LogP contribution is -2.38. The van der Waals surface area contributed by atoms with E-state index in [-0.39, 0.29) is 24.0 Å². The molecule has 5 nitrogen and oxygen atoms in total. The van der Waals surface area contributed by atoms with Gasteiger partial charge in [-0.05, 0) is 20.8 Å². The van der Waals surface area contributed by atoms with Crippen molar-refractivity contribution in [3.63, 3.8) is 0 Å². The number of aryl methyl sites for hydroxylation is 1. The molecule has 0 radical (unpaired) electrons. The second kappa shape index (κ2) is 3.90. The molecule has 1 aromatic heterocycles. The average molecular weight is 222 g/mol. The van der Waals surface area contributed by atoms with E-state index in [1.54, 1.807) is 6.20 Å². The average Bonchev–Trinajstić information content (AvgIpc) is 2.69. The second-order valence-corrected chi connectivity index (χ2v) is 4.66. The number of carbonyl (C=O) groups excluding carboxylic acids is 1. The van der Waals surface area contributed by atoms with Gasteiger partial charge in [0.2, 0.25) is 5.91 Å². The van der Waals surface area contributed by atoms with Crippen molar-refractivity contribution in [3.8, 4) is 0 Å². The molecule has 88 valence electrons. The fourth-order valence-electron chi connectivity index (χ4n) is 2.31. The number of likely N-dealkylation sites (tertiary alicyclic amines) is 1. The summed E-state index contributed by atoms with van der Waals surface area (Å²) in [4.78, 5) is 21.1. The summed E-state index contributed by atoms with van der Waals surface area (Å²) in [7, 11) is 0. The van der Waals surface area contributed by atoms with Gasteiger partial charge in [-0.2, -0.15) is 0 Å². The van der Waals surface area contributed by atoms with Crippen molar-refractivity contribution in [3.05, 3.63) is 17.7 Å². The number of rotatable bonds is 2. The van der Waals surface area contributed by atoms with Gasteiger partial charge >= 0.3 is 0 Å². The molecule has 0 spiro atoms. The summed E-state index contributed by atoms with van der Waals surface area (Å²) in [5.41, 5.74) is 7.01. The summed E-state index contributed by atoms with van der Waals surface area (Å²) in [6.45, 7) is 5.94. The molecule has 1 amide bonds. The smallest absolute Gasteiger partial charge is 0.225 e. The van der Waals surface area contributed by atoms with E-state index in [2.05, 4.69) is 9.97 Å². The van der Waals surface area contributed by atoms with Crippen LogP contribution in [0.25, 0.3) is 0 Å². The zero-order chi connectivity index (χ0) is 11.9. The molecule has 1 aliphatic heterocycles. The number of carbonyl (C=O) groups is 1. The Kier molecular flexibility index (Phi) is 2.71. The first kappa shape index (κ1) is 11.1. The molecule has 16 heavy (non-hydrogen) atoms. The Balaban J connectivity index is 2.33. The fraction of sp³-hybridized carbons (Fsp3) is 0.636. The van der Waals surface area contributed by atoms with Gasteiger partial charge < -0.3 is 15.6 Å². The molecule has 2 rings (SSSR count). The Morgan fingerprint density at radius 3 is 2.81 bits per heavy atom. The van der Waals surface area contributed by atoms with Crippen LogP contribution in [0.15, 0.2) is 6.20 Å². The van der Waals surface area contributed by atoms with Crippen LogP contribution in [0.2, 0.25) is 0 Å². The van der Waals surface area contributed by atoms with Gasteiger partial charge in [-0.15, -0.1) is 0 Å². The molecule has 2 heterocycles. The number of nitrogens with zero attached hydrogens (tertiary/aromatic N) is 2. The number of hydrogen-bond acceptors (Lipinski definition) is 3. The maximum absolute atomic E-state index is 11.8. The highest BCUT2D eigenvalue weighted by atomic mass is 16.2. The number of hydrogen-bond donors (Lipinski definition) is 2. The Morgan fingerprint density at radius 1 is 1.62 bits per heavy atom. The zero-order valence-electron chi connectivity index (χ0n) is 9.90. The van der Waals surface area contributed by atoms with Crippen molar-refractivity contribution in [2.75, 3.05) is 0 Å². The second-order valence-electron chi connectivity index (χ2n) is 4.66. The van der Waals surface area contributed by atoms with E-state index in [0.717, 1.165) is 11.5 Å².